The minimum atomic E-state index is -5.58. The molecule has 3 aromatic rings. The minimum Gasteiger partial charge on any atom is -0.386 e. The number of hydrogen-bond acceptors (Lipinski definition) is 18. The van der Waals surface area contributed by atoms with Gasteiger partial charge >= 0.3 is 23.5 Å². The van der Waals surface area contributed by atoms with Gasteiger partial charge in [-0.15, -0.1) is 0 Å². The van der Waals surface area contributed by atoms with Crippen molar-refractivity contribution in [2.24, 2.45) is 5.41 Å². The first-order chi connectivity index (χ1) is 27.0. The van der Waals surface area contributed by atoms with Crippen molar-refractivity contribution in [3.8, 4) is 0 Å². The Bertz CT molecular complexity index is 2080. The molecule has 1 fully saturated rings. The average Bonchev–Trinajstić information content (AvgIpc) is 3.69. The molecule has 3 heterocycles. The molecule has 2 amide bonds. The summed E-state index contributed by atoms with van der Waals surface area (Å²) >= 11 is 7.13. The molecule has 2 unspecified atom stereocenters. The Balaban J connectivity index is 1.21. The lowest BCUT2D eigenvalue weighted by atomic mass is 9.87. The molecule has 2 aromatic heterocycles. The number of phosphoric acid groups is 3. The van der Waals surface area contributed by atoms with Gasteiger partial charge in [0.25, 0.3) is 0 Å². The van der Waals surface area contributed by atoms with E-state index >= 15 is 0 Å². The molecule has 1 aliphatic heterocycles. The number of hydrogen-bond donors (Lipinski definition) is 9. The summed E-state index contributed by atoms with van der Waals surface area (Å²) in [6.07, 6.45) is -6.94. The smallest absolute Gasteiger partial charge is 0.386 e. The number of carbonyl (C=O) groups excluding carboxylic acids is 3. The van der Waals surface area contributed by atoms with E-state index in [1.54, 1.807) is 24.3 Å². The van der Waals surface area contributed by atoms with Gasteiger partial charge in [0.15, 0.2) is 23.5 Å². The van der Waals surface area contributed by atoms with Crippen molar-refractivity contribution in [3.05, 3.63) is 47.5 Å². The summed E-state index contributed by atoms with van der Waals surface area (Å²) in [4.78, 5) is 87.9. The Kier molecular flexibility index (Phi) is 16.5. The molecule has 58 heavy (non-hydrogen) atoms. The molecule has 322 valence electrons. The second-order valence-corrected chi connectivity index (χ2v) is 18.8. The van der Waals surface area contributed by atoms with Gasteiger partial charge < -0.3 is 50.9 Å². The number of halogens is 1. The van der Waals surface area contributed by atoms with E-state index < -0.39 is 84.6 Å². The number of aliphatic hydroxyl groups is 2. The lowest BCUT2D eigenvalue weighted by Gasteiger charge is -2.30. The van der Waals surface area contributed by atoms with Crippen LogP contribution in [0.25, 0.3) is 11.2 Å². The number of phosphoric ester groups is 3. The molecule has 0 aliphatic carbocycles. The van der Waals surface area contributed by atoms with Crippen LogP contribution in [0.15, 0.2) is 36.9 Å². The van der Waals surface area contributed by atoms with Crippen molar-refractivity contribution in [1.29, 1.82) is 0 Å². The SMILES string of the molecule is CC(C)(COP(=O)(O)OP(=O)(O)OC[C@H]1O[C@@H](n2cnc3c(N)ncnc32)[C@H](O)[C@@H]1OP(=O)(O)O)[C@@H](O)C(=O)NCCC(=O)NCCSCC(=O)c1ccc(Cl)cc1. The number of anilines is 1. The van der Waals surface area contributed by atoms with Gasteiger partial charge in [-0.25, -0.2) is 28.6 Å². The Morgan fingerprint density at radius 1 is 1.03 bits per heavy atom. The van der Waals surface area contributed by atoms with Gasteiger partial charge in [0, 0.05) is 41.3 Å². The zero-order chi connectivity index (χ0) is 43.1. The molecule has 1 saturated heterocycles. The summed E-state index contributed by atoms with van der Waals surface area (Å²) in [5.41, 5.74) is 4.76. The molecule has 10 N–H and O–H groups in total. The normalized spacial score (nSPS) is 21.3. The number of aromatic nitrogens is 4. The van der Waals surface area contributed by atoms with Crippen LogP contribution in [0.5, 0.6) is 0 Å². The van der Waals surface area contributed by atoms with Gasteiger partial charge in [-0.2, -0.15) is 16.1 Å². The van der Waals surface area contributed by atoms with Crippen molar-refractivity contribution in [2.75, 3.05) is 43.5 Å². The topological polar surface area (TPSA) is 364 Å². The Morgan fingerprint density at radius 3 is 2.38 bits per heavy atom. The second kappa shape index (κ2) is 20.1. The van der Waals surface area contributed by atoms with Crippen LogP contribution in [0.4, 0.5) is 5.82 Å². The van der Waals surface area contributed by atoms with Crippen LogP contribution in [-0.2, 0) is 45.9 Å². The number of ketones is 1. The lowest BCUT2D eigenvalue weighted by molar-refractivity contribution is -0.137. The fourth-order valence-corrected chi connectivity index (χ4v) is 8.78. The third-order valence-electron chi connectivity index (χ3n) is 8.05. The number of rotatable bonds is 22. The number of aliphatic hydroxyl groups excluding tert-OH is 2. The van der Waals surface area contributed by atoms with E-state index in [1.165, 1.54) is 25.6 Å². The summed E-state index contributed by atoms with van der Waals surface area (Å²) in [7, 11) is -16.4. The Hall–Kier alpha value is -2.93. The average molecular weight is 920 g/mol. The number of thioether (sulfide) groups is 1. The molecule has 1 aliphatic rings. The maximum atomic E-state index is 12.7. The molecule has 24 nitrogen and oxygen atoms in total. The number of nitrogens with one attached hydrogen (secondary N) is 2. The summed E-state index contributed by atoms with van der Waals surface area (Å²) in [5, 5.41) is 26.9. The maximum Gasteiger partial charge on any atom is 0.481 e. The number of fused-ring (bicyclic) bond motifs is 1. The van der Waals surface area contributed by atoms with Crippen LogP contribution < -0.4 is 16.4 Å². The molecular weight excluding hydrogens is 879 g/mol. The van der Waals surface area contributed by atoms with Gasteiger partial charge in [-0.05, 0) is 24.3 Å². The molecule has 0 saturated carbocycles. The number of Topliss-reactive ketones (excluding diaryl/α,β-unsaturated/α-hetero) is 1. The number of benzene rings is 1. The zero-order valence-electron chi connectivity index (χ0n) is 30.5. The van der Waals surface area contributed by atoms with Crippen molar-refractivity contribution in [1.82, 2.24) is 30.2 Å². The number of nitrogen functional groups attached to an aromatic ring is 1. The molecule has 4 rings (SSSR count). The van der Waals surface area contributed by atoms with E-state index in [9.17, 15) is 57.9 Å². The van der Waals surface area contributed by atoms with E-state index in [-0.39, 0.29) is 48.0 Å². The highest BCUT2D eigenvalue weighted by molar-refractivity contribution is 8.00. The van der Waals surface area contributed by atoms with E-state index in [0.717, 1.165) is 17.2 Å². The third kappa shape index (κ3) is 13.8. The van der Waals surface area contributed by atoms with Crippen LogP contribution in [0, 0.1) is 5.41 Å². The fourth-order valence-electron chi connectivity index (χ4n) is 5.09. The maximum absolute atomic E-state index is 12.7. The molecule has 0 bridgehead atoms. The molecular formula is C29H41ClN7O17P3S. The standard InChI is InChI=1S/C29H41ClN7O17P3S/c1-29(2,24(41)27(42)33-8-7-20(39)32-9-10-58-12-18(38)16-3-5-17(30)6-4-16)13-51-57(48,49)54-56(46,47)50-11-19-23(53-55(43,44)45)22(40)28(52-19)37-15-36-21-25(31)34-14-35-26(21)37/h3-6,14-15,19,22-24,28,40-41H,7-13H2,1-2H3,(H,32,39)(H,33,42)(H,46,47)(H,48,49)(H2,31,34,35)(H2,43,44,45)/t19-,22-,23-,24+,28-/m1/s1. The minimum absolute atomic E-state index is 0.0280. The van der Waals surface area contributed by atoms with E-state index in [2.05, 4.69) is 34.4 Å². The van der Waals surface area contributed by atoms with Crippen LogP contribution in [0.1, 0.15) is 36.9 Å². The van der Waals surface area contributed by atoms with Gasteiger partial charge in [-0.3, -0.25) is 32.5 Å². The monoisotopic (exact) mass is 919 g/mol. The highest BCUT2D eigenvalue weighted by Crippen LogP contribution is 2.61. The third-order valence-corrected chi connectivity index (χ3v) is 12.4. The van der Waals surface area contributed by atoms with Crippen LogP contribution >= 0.6 is 46.8 Å². The highest BCUT2D eigenvalue weighted by Gasteiger charge is 2.50. The van der Waals surface area contributed by atoms with Crippen molar-refractivity contribution >= 4 is 81.4 Å². The van der Waals surface area contributed by atoms with E-state index in [4.69, 9.17) is 31.1 Å². The summed E-state index contributed by atoms with van der Waals surface area (Å²) in [6.45, 7) is 0.518. The first kappa shape index (κ1) is 47.7. The quantitative estimate of drug-likeness (QED) is 0.0380. The first-order valence-electron chi connectivity index (χ1n) is 16.7. The Labute approximate surface area is 338 Å². The number of nitrogens with two attached hydrogens (primary N) is 1. The number of ether oxygens (including phenoxy) is 1. The van der Waals surface area contributed by atoms with Gasteiger partial charge in [0.2, 0.25) is 11.8 Å². The van der Waals surface area contributed by atoms with Crippen molar-refractivity contribution < 1.29 is 80.5 Å². The largest absolute Gasteiger partial charge is 0.481 e. The van der Waals surface area contributed by atoms with E-state index in [1.807, 2.05) is 0 Å². The number of amides is 2. The fraction of sp³-hybridized carbons (Fsp3) is 0.517. The van der Waals surface area contributed by atoms with Crippen molar-refractivity contribution in [2.45, 2.75) is 50.9 Å². The first-order valence-corrected chi connectivity index (χ1v) is 22.8. The second-order valence-electron chi connectivity index (χ2n) is 13.1. The number of nitrogens with zero attached hydrogens (tertiary/aromatic N) is 4. The predicted molar refractivity (Wildman–Crippen MR) is 203 cm³/mol. The predicted octanol–water partition coefficient (Wildman–Crippen LogP) is 0.674. The molecule has 0 radical (unpaired) electrons. The molecule has 0 spiro atoms. The van der Waals surface area contributed by atoms with Crippen molar-refractivity contribution in [3.63, 3.8) is 0 Å². The van der Waals surface area contributed by atoms with E-state index in [0.29, 0.717) is 16.3 Å². The zero-order valence-corrected chi connectivity index (χ0v) is 34.7. The molecule has 29 heteroatoms. The van der Waals surface area contributed by atoms with Gasteiger partial charge in [0.1, 0.15) is 36.3 Å². The van der Waals surface area contributed by atoms with Crippen LogP contribution in [0.2, 0.25) is 5.02 Å². The lowest BCUT2D eigenvalue weighted by Crippen LogP contribution is -2.46. The molecule has 7 atom stereocenters. The van der Waals surface area contributed by atoms with Crippen LogP contribution in [-0.4, -0.2) is 129 Å². The van der Waals surface area contributed by atoms with Gasteiger partial charge in [0.05, 0.1) is 25.3 Å². The van der Waals surface area contributed by atoms with Gasteiger partial charge in [-0.1, -0.05) is 25.4 Å². The summed E-state index contributed by atoms with van der Waals surface area (Å²) in [6, 6.07) is 6.45. The number of carbonyl (C=O) groups is 3. The van der Waals surface area contributed by atoms with Crippen LogP contribution in [0.3, 0.4) is 0 Å². The Morgan fingerprint density at radius 2 is 1.71 bits per heavy atom. The number of imidazole rings is 1. The molecule has 1 aromatic carbocycles. The summed E-state index contributed by atoms with van der Waals surface area (Å²) < 4.78 is 62.1. The summed E-state index contributed by atoms with van der Waals surface area (Å²) in [5.74, 6) is -0.919. The highest BCUT2D eigenvalue weighted by atomic mass is 35.5.